The lowest BCUT2D eigenvalue weighted by molar-refractivity contribution is 0.616. The average Bonchev–Trinajstić information content (AvgIpc) is 3.08. The summed E-state index contributed by atoms with van der Waals surface area (Å²) >= 11 is 0. The molecule has 0 unspecified atom stereocenters. The SMILES string of the molecule is Cc1ccc(F)cc1-n1nnnc1CNC1CC1. The number of aromatic nitrogens is 4. The third-order valence-corrected chi connectivity index (χ3v) is 3.06. The maximum Gasteiger partial charge on any atom is 0.170 e. The highest BCUT2D eigenvalue weighted by molar-refractivity contribution is 5.40. The van der Waals surface area contributed by atoms with E-state index < -0.39 is 0 Å². The van der Waals surface area contributed by atoms with Crippen molar-refractivity contribution in [2.24, 2.45) is 0 Å². The van der Waals surface area contributed by atoms with E-state index in [0.717, 1.165) is 5.56 Å². The number of hydrogen-bond acceptors (Lipinski definition) is 4. The van der Waals surface area contributed by atoms with Crippen LogP contribution in [0.2, 0.25) is 0 Å². The van der Waals surface area contributed by atoms with E-state index in [1.807, 2.05) is 6.92 Å². The fourth-order valence-corrected chi connectivity index (χ4v) is 1.84. The van der Waals surface area contributed by atoms with Gasteiger partial charge >= 0.3 is 0 Å². The van der Waals surface area contributed by atoms with Crippen molar-refractivity contribution in [3.63, 3.8) is 0 Å². The Kier molecular flexibility index (Phi) is 2.79. The lowest BCUT2D eigenvalue weighted by atomic mass is 10.2. The molecule has 0 saturated heterocycles. The van der Waals surface area contributed by atoms with Crippen molar-refractivity contribution in [2.75, 3.05) is 0 Å². The van der Waals surface area contributed by atoms with Gasteiger partial charge in [-0.15, -0.1) is 5.10 Å². The second-order valence-electron chi connectivity index (χ2n) is 4.59. The number of nitrogens with one attached hydrogen (secondary N) is 1. The number of tetrazole rings is 1. The molecule has 0 aliphatic heterocycles. The van der Waals surface area contributed by atoms with Gasteiger partial charge in [-0.1, -0.05) is 6.07 Å². The van der Waals surface area contributed by atoms with Crippen molar-refractivity contribution >= 4 is 0 Å². The standard InChI is InChI=1S/C12H14FN5/c1-8-2-3-9(13)6-11(8)18-12(15-16-17-18)7-14-10-4-5-10/h2-3,6,10,14H,4-5,7H2,1H3. The smallest absolute Gasteiger partial charge is 0.170 e. The van der Waals surface area contributed by atoms with Crippen molar-refractivity contribution in [1.29, 1.82) is 0 Å². The fourth-order valence-electron chi connectivity index (χ4n) is 1.84. The van der Waals surface area contributed by atoms with Crippen molar-refractivity contribution in [1.82, 2.24) is 25.5 Å². The van der Waals surface area contributed by atoms with Crippen LogP contribution in [-0.4, -0.2) is 26.2 Å². The zero-order chi connectivity index (χ0) is 12.5. The minimum atomic E-state index is -0.285. The molecule has 5 nitrogen and oxygen atoms in total. The van der Waals surface area contributed by atoms with E-state index in [1.165, 1.54) is 25.0 Å². The molecule has 1 aliphatic rings. The predicted molar refractivity (Wildman–Crippen MR) is 63.7 cm³/mol. The van der Waals surface area contributed by atoms with Crippen molar-refractivity contribution in [2.45, 2.75) is 32.4 Å². The molecule has 6 heteroatoms. The predicted octanol–water partition coefficient (Wildman–Crippen LogP) is 1.36. The molecule has 1 aromatic carbocycles. The summed E-state index contributed by atoms with van der Waals surface area (Å²) < 4.78 is 14.9. The number of rotatable bonds is 4. The van der Waals surface area contributed by atoms with E-state index in [2.05, 4.69) is 20.8 Å². The van der Waals surface area contributed by atoms with Gasteiger partial charge in [0, 0.05) is 6.04 Å². The highest BCUT2D eigenvalue weighted by Crippen LogP contribution is 2.20. The summed E-state index contributed by atoms with van der Waals surface area (Å²) in [6.45, 7) is 2.52. The molecule has 1 heterocycles. The second kappa shape index (κ2) is 4.45. The van der Waals surface area contributed by atoms with E-state index in [1.54, 1.807) is 10.7 Å². The molecule has 1 aromatic heterocycles. The summed E-state index contributed by atoms with van der Waals surface area (Å²) in [5.41, 5.74) is 1.63. The molecular formula is C12H14FN5. The van der Waals surface area contributed by atoms with Crippen LogP contribution in [0.3, 0.4) is 0 Å². The van der Waals surface area contributed by atoms with Crippen molar-refractivity contribution in [3.05, 3.63) is 35.4 Å². The van der Waals surface area contributed by atoms with E-state index in [-0.39, 0.29) is 5.82 Å². The van der Waals surface area contributed by atoms with E-state index in [9.17, 15) is 4.39 Å². The Balaban J connectivity index is 1.90. The highest BCUT2D eigenvalue weighted by Gasteiger charge is 2.21. The van der Waals surface area contributed by atoms with Crippen LogP contribution in [0.5, 0.6) is 0 Å². The van der Waals surface area contributed by atoms with Crippen molar-refractivity contribution in [3.8, 4) is 5.69 Å². The summed E-state index contributed by atoms with van der Waals surface area (Å²) in [4.78, 5) is 0. The van der Waals surface area contributed by atoms with Crippen LogP contribution < -0.4 is 5.32 Å². The normalized spacial score (nSPS) is 15.0. The third-order valence-electron chi connectivity index (χ3n) is 3.06. The van der Waals surface area contributed by atoms with Crippen LogP contribution in [0.25, 0.3) is 5.69 Å². The summed E-state index contributed by atoms with van der Waals surface area (Å²) in [7, 11) is 0. The van der Waals surface area contributed by atoms with E-state index in [0.29, 0.717) is 24.1 Å². The van der Waals surface area contributed by atoms with Gasteiger partial charge in [-0.3, -0.25) is 0 Å². The molecule has 0 radical (unpaired) electrons. The Morgan fingerprint density at radius 2 is 2.28 bits per heavy atom. The Bertz CT molecular complexity index is 561. The molecule has 18 heavy (non-hydrogen) atoms. The van der Waals surface area contributed by atoms with Crippen LogP contribution in [0.1, 0.15) is 24.2 Å². The zero-order valence-corrected chi connectivity index (χ0v) is 10.1. The molecule has 0 atom stereocenters. The molecule has 1 saturated carbocycles. The largest absolute Gasteiger partial charge is 0.307 e. The van der Waals surface area contributed by atoms with Crippen LogP contribution in [0.4, 0.5) is 4.39 Å². The van der Waals surface area contributed by atoms with Gasteiger partial charge in [0.05, 0.1) is 12.2 Å². The molecule has 1 aliphatic carbocycles. The van der Waals surface area contributed by atoms with Crippen LogP contribution in [0, 0.1) is 12.7 Å². The molecular weight excluding hydrogens is 233 g/mol. The molecule has 94 valence electrons. The van der Waals surface area contributed by atoms with Gasteiger partial charge in [0.25, 0.3) is 0 Å². The molecule has 2 aromatic rings. The quantitative estimate of drug-likeness (QED) is 0.886. The van der Waals surface area contributed by atoms with Gasteiger partial charge in [-0.2, -0.15) is 4.68 Å². The van der Waals surface area contributed by atoms with Gasteiger partial charge in [0.1, 0.15) is 5.82 Å². The van der Waals surface area contributed by atoms with Crippen LogP contribution in [-0.2, 0) is 6.54 Å². The first-order valence-corrected chi connectivity index (χ1v) is 6.01. The van der Waals surface area contributed by atoms with Crippen LogP contribution >= 0.6 is 0 Å². The number of benzene rings is 1. The zero-order valence-electron chi connectivity index (χ0n) is 10.1. The molecule has 0 bridgehead atoms. The average molecular weight is 247 g/mol. The van der Waals surface area contributed by atoms with Gasteiger partial charge in [-0.05, 0) is 47.9 Å². The Hall–Kier alpha value is -1.82. The number of nitrogens with zero attached hydrogens (tertiary/aromatic N) is 4. The maximum atomic E-state index is 13.3. The van der Waals surface area contributed by atoms with Crippen molar-refractivity contribution < 1.29 is 4.39 Å². The number of aryl methyl sites for hydroxylation is 1. The summed E-state index contributed by atoms with van der Waals surface area (Å²) in [5, 5.41) is 14.9. The Morgan fingerprint density at radius 1 is 1.44 bits per heavy atom. The molecule has 0 spiro atoms. The van der Waals surface area contributed by atoms with Gasteiger partial charge in [0.2, 0.25) is 0 Å². The summed E-state index contributed by atoms with van der Waals surface area (Å²) in [6, 6.07) is 5.20. The first-order valence-electron chi connectivity index (χ1n) is 6.01. The molecule has 1 N–H and O–H groups in total. The topological polar surface area (TPSA) is 55.6 Å². The minimum Gasteiger partial charge on any atom is -0.307 e. The lowest BCUT2D eigenvalue weighted by Gasteiger charge is -2.08. The second-order valence-corrected chi connectivity index (χ2v) is 4.59. The van der Waals surface area contributed by atoms with Gasteiger partial charge < -0.3 is 5.32 Å². The van der Waals surface area contributed by atoms with Gasteiger partial charge in [-0.25, -0.2) is 4.39 Å². The Morgan fingerprint density at radius 3 is 3.06 bits per heavy atom. The highest BCUT2D eigenvalue weighted by atomic mass is 19.1. The monoisotopic (exact) mass is 247 g/mol. The fraction of sp³-hybridized carbons (Fsp3) is 0.417. The number of hydrogen-bond donors (Lipinski definition) is 1. The van der Waals surface area contributed by atoms with Crippen LogP contribution in [0.15, 0.2) is 18.2 Å². The maximum absolute atomic E-state index is 13.3. The van der Waals surface area contributed by atoms with E-state index >= 15 is 0 Å². The first kappa shape index (κ1) is 11.3. The molecule has 0 amide bonds. The van der Waals surface area contributed by atoms with E-state index in [4.69, 9.17) is 0 Å². The first-order chi connectivity index (χ1) is 8.74. The summed E-state index contributed by atoms with van der Waals surface area (Å²) in [5.74, 6) is 0.419. The third kappa shape index (κ3) is 2.24. The summed E-state index contributed by atoms with van der Waals surface area (Å²) in [6.07, 6.45) is 2.42. The molecule has 3 rings (SSSR count). The molecule has 1 fully saturated rings. The minimum absolute atomic E-state index is 0.285. The Labute approximate surface area is 104 Å². The van der Waals surface area contributed by atoms with Gasteiger partial charge in [0.15, 0.2) is 5.82 Å². The number of halogens is 1. The lowest BCUT2D eigenvalue weighted by Crippen LogP contribution is -2.19.